The zero-order valence-corrected chi connectivity index (χ0v) is 9.40. The fourth-order valence-corrected chi connectivity index (χ4v) is 2.82. The van der Waals surface area contributed by atoms with Crippen molar-refractivity contribution in [2.75, 3.05) is 0 Å². The van der Waals surface area contributed by atoms with Gasteiger partial charge in [0, 0.05) is 10.7 Å². The van der Waals surface area contributed by atoms with Gasteiger partial charge in [0.1, 0.15) is 0 Å². The lowest BCUT2D eigenvalue weighted by atomic mass is 10.1. The molecule has 2 heteroatoms. The number of hydrogen-bond acceptors (Lipinski definition) is 2. The van der Waals surface area contributed by atoms with E-state index in [4.69, 9.17) is 5.73 Å². The van der Waals surface area contributed by atoms with Crippen LogP contribution in [0.3, 0.4) is 0 Å². The second kappa shape index (κ2) is 3.71. The van der Waals surface area contributed by atoms with Crippen LogP contribution in [0.15, 0.2) is 23.6 Å². The summed E-state index contributed by atoms with van der Waals surface area (Å²) in [6.45, 7) is 4.22. The van der Waals surface area contributed by atoms with Gasteiger partial charge in [-0.2, -0.15) is 0 Å². The molecule has 14 heavy (non-hydrogen) atoms. The molecule has 0 spiro atoms. The summed E-state index contributed by atoms with van der Waals surface area (Å²) in [6.07, 6.45) is 0.976. The molecular formula is C12H15NS. The second-order valence-electron chi connectivity index (χ2n) is 3.89. The molecule has 0 aliphatic carbocycles. The molecule has 74 valence electrons. The first-order valence-electron chi connectivity index (χ1n) is 4.90. The predicted molar refractivity (Wildman–Crippen MR) is 63.9 cm³/mol. The van der Waals surface area contributed by atoms with Crippen molar-refractivity contribution in [3.8, 4) is 0 Å². The monoisotopic (exact) mass is 205 g/mol. The fraction of sp³-hybridized carbons (Fsp3) is 0.333. The molecule has 0 aliphatic rings. The summed E-state index contributed by atoms with van der Waals surface area (Å²) in [6, 6.07) is 6.72. The van der Waals surface area contributed by atoms with Crippen molar-refractivity contribution in [3.63, 3.8) is 0 Å². The molecule has 1 aromatic carbocycles. The minimum absolute atomic E-state index is 0.244. The predicted octanol–water partition coefficient (Wildman–Crippen LogP) is 3.10. The van der Waals surface area contributed by atoms with Gasteiger partial charge in [0.2, 0.25) is 0 Å². The highest BCUT2D eigenvalue weighted by molar-refractivity contribution is 7.17. The first-order valence-corrected chi connectivity index (χ1v) is 5.77. The SMILES string of the molecule is Cc1cccc2c(CC(C)N)csc12. The van der Waals surface area contributed by atoms with E-state index in [1.807, 2.05) is 11.3 Å². The number of rotatable bonds is 2. The summed E-state index contributed by atoms with van der Waals surface area (Å²) >= 11 is 1.83. The number of benzene rings is 1. The van der Waals surface area contributed by atoms with Crippen LogP contribution in [0.4, 0.5) is 0 Å². The molecule has 1 aromatic heterocycles. The Labute approximate surface area is 88.6 Å². The molecule has 0 amide bonds. The first kappa shape index (κ1) is 9.69. The quantitative estimate of drug-likeness (QED) is 0.801. The maximum Gasteiger partial charge on any atom is 0.0374 e. The van der Waals surface area contributed by atoms with Crippen molar-refractivity contribution in [1.82, 2.24) is 0 Å². The van der Waals surface area contributed by atoms with Gasteiger partial charge in [0.05, 0.1) is 0 Å². The topological polar surface area (TPSA) is 26.0 Å². The van der Waals surface area contributed by atoms with Crippen LogP contribution in [0.5, 0.6) is 0 Å². The van der Waals surface area contributed by atoms with E-state index in [0.717, 1.165) is 6.42 Å². The highest BCUT2D eigenvalue weighted by Gasteiger charge is 2.06. The normalized spacial score (nSPS) is 13.4. The molecular weight excluding hydrogens is 190 g/mol. The third kappa shape index (κ3) is 1.68. The number of fused-ring (bicyclic) bond motifs is 1. The summed E-state index contributed by atoms with van der Waals surface area (Å²) in [7, 11) is 0. The Morgan fingerprint density at radius 1 is 1.43 bits per heavy atom. The minimum atomic E-state index is 0.244. The summed E-state index contributed by atoms with van der Waals surface area (Å²) in [5, 5.41) is 3.62. The largest absolute Gasteiger partial charge is 0.328 e. The Kier molecular flexibility index (Phi) is 2.57. The van der Waals surface area contributed by atoms with Gasteiger partial charge in [-0.1, -0.05) is 18.2 Å². The van der Waals surface area contributed by atoms with Crippen molar-refractivity contribution in [2.45, 2.75) is 26.3 Å². The molecule has 1 heterocycles. The molecule has 2 N–H and O–H groups in total. The van der Waals surface area contributed by atoms with Gasteiger partial charge in [0.25, 0.3) is 0 Å². The molecule has 0 saturated heterocycles. The van der Waals surface area contributed by atoms with Gasteiger partial charge in [-0.15, -0.1) is 11.3 Å². The molecule has 0 saturated carbocycles. The number of aryl methyl sites for hydroxylation is 1. The Hall–Kier alpha value is -0.860. The summed E-state index contributed by atoms with van der Waals surface area (Å²) < 4.78 is 1.41. The minimum Gasteiger partial charge on any atom is -0.328 e. The molecule has 0 bridgehead atoms. The summed E-state index contributed by atoms with van der Waals surface area (Å²) in [5.41, 5.74) is 8.57. The lowest BCUT2D eigenvalue weighted by molar-refractivity contribution is 0.743. The molecule has 0 radical (unpaired) electrons. The fourth-order valence-electron chi connectivity index (χ4n) is 1.76. The second-order valence-corrected chi connectivity index (χ2v) is 4.77. The third-order valence-corrected chi connectivity index (χ3v) is 3.60. The van der Waals surface area contributed by atoms with Gasteiger partial charge in [-0.05, 0) is 42.2 Å². The molecule has 1 nitrogen and oxygen atoms in total. The van der Waals surface area contributed by atoms with E-state index in [9.17, 15) is 0 Å². The average Bonchev–Trinajstić information content (AvgIpc) is 2.49. The lowest BCUT2D eigenvalue weighted by Crippen LogP contribution is -2.17. The number of thiophene rings is 1. The van der Waals surface area contributed by atoms with E-state index in [2.05, 4.69) is 37.4 Å². The summed E-state index contributed by atoms with van der Waals surface area (Å²) in [5.74, 6) is 0. The van der Waals surface area contributed by atoms with Crippen molar-refractivity contribution >= 4 is 21.4 Å². The van der Waals surface area contributed by atoms with E-state index in [0.29, 0.717) is 0 Å². The van der Waals surface area contributed by atoms with Gasteiger partial charge in [0.15, 0.2) is 0 Å². The molecule has 0 aliphatic heterocycles. The van der Waals surface area contributed by atoms with Gasteiger partial charge in [-0.3, -0.25) is 0 Å². The number of hydrogen-bond donors (Lipinski definition) is 1. The highest BCUT2D eigenvalue weighted by atomic mass is 32.1. The zero-order valence-electron chi connectivity index (χ0n) is 8.58. The van der Waals surface area contributed by atoms with Crippen LogP contribution in [-0.2, 0) is 6.42 Å². The maximum absolute atomic E-state index is 5.82. The van der Waals surface area contributed by atoms with Crippen LogP contribution in [-0.4, -0.2) is 6.04 Å². The van der Waals surface area contributed by atoms with Gasteiger partial charge >= 0.3 is 0 Å². The molecule has 0 fully saturated rings. The highest BCUT2D eigenvalue weighted by Crippen LogP contribution is 2.29. The molecule has 2 rings (SSSR count). The van der Waals surface area contributed by atoms with Crippen LogP contribution < -0.4 is 5.73 Å². The molecule has 1 atom stereocenters. The van der Waals surface area contributed by atoms with Crippen molar-refractivity contribution in [3.05, 3.63) is 34.7 Å². The van der Waals surface area contributed by atoms with E-state index in [1.54, 1.807) is 0 Å². The van der Waals surface area contributed by atoms with E-state index in [1.165, 1.54) is 21.2 Å². The van der Waals surface area contributed by atoms with Crippen molar-refractivity contribution in [2.24, 2.45) is 5.73 Å². The van der Waals surface area contributed by atoms with E-state index in [-0.39, 0.29) is 6.04 Å². The average molecular weight is 205 g/mol. The Balaban J connectivity index is 2.52. The maximum atomic E-state index is 5.82. The van der Waals surface area contributed by atoms with Crippen LogP contribution in [0, 0.1) is 6.92 Å². The Morgan fingerprint density at radius 3 is 2.93 bits per heavy atom. The zero-order chi connectivity index (χ0) is 10.1. The van der Waals surface area contributed by atoms with Crippen molar-refractivity contribution in [1.29, 1.82) is 0 Å². The summed E-state index contributed by atoms with van der Waals surface area (Å²) in [4.78, 5) is 0. The Morgan fingerprint density at radius 2 is 2.21 bits per heavy atom. The third-order valence-electron chi connectivity index (χ3n) is 2.42. The molecule has 1 unspecified atom stereocenters. The van der Waals surface area contributed by atoms with Crippen LogP contribution in [0.1, 0.15) is 18.1 Å². The smallest absolute Gasteiger partial charge is 0.0374 e. The first-order chi connectivity index (χ1) is 6.68. The Bertz CT molecular complexity index is 443. The van der Waals surface area contributed by atoms with E-state index < -0.39 is 0 Å². The van der Waals surface area contributed by atoms with Crippen LogP contribution in [0.2, 0.25) is 0 Å². The molecule has 2 aromatic rings. The number of nitrogens with two attached hydrogens (primary N) is 1. The van der Waals surface area contributed by atoms with Gasteiger partial charge < -0.3 is 5.73 Å². The van der Waals surface area contributed by atoms with Crippen molar-refractivity contribution < 1.29 is 0 Å². The van der Waals surface area contributed by atoms with Gasteiger partial charge in [-0.25, -0.2) is 0 Å². The standard InChI is InChI=1S/C12H15NS/c1-8-4-3-5-11-10(6-9(2)13)7-14-12(8)11/h3-5,7,9H,6,13H2,1-2H3. The van der Waals surface area contributed by atoms with E-state index >= 15 is 0 Å². The lowest BCUT2D eigenvalue weighted by Gasteiger charge is -2.03. The van der Waals surface area contributed by atoms with Crippen LogP contribution >= 0.6 is 11.3 Å². The van der Waals surface area contributed by atoms with Crippen LogP contribution in [0.25, 0.3) is 10.1 Å².